The average molecular weight is 384 g/mol. The van der Waals surface area contributed by atoms with Crippen LogP contribution in [0, 0.1) is 24.2 Å². The van der Waals surface area contributed by atoms with Gasteiger partial charge in [-0.25, -0.2) is 0 Å². The van der Waals surface area contributed by atoms with Crippen molar-refractivity contribution in [3.8, 4) is 6.07 Å². The normalized spacial score (nSPS) is 13.4. The number of rotatable bonds is 9. The van der Waals surface area contributed by atoms with Gasteiger partial charge in [-0.2, -0.15) is 5.26 Å². The molecule has 2 aromatic rings. The first-order chi connectivity index (χ1) is 12.8. The maximum absolute atomic E-state index is 12.6. The lowest BCUT2D eigenvalue weighted by molar-refractivity contribution is -0.124. The molecule has 1 aromatic carbocycles. The van der Waals surface area contributed by atoms with E-state index in [-0.39, 0.29) is 18.4 Å². The zero-order valence-corrected chi connectivity index (χ0v) is 17.5. The van der Waals surface area contributed by atoms with Crippen LogP contribution in [0.15, 0.2) is 42.5 Å². The number of carbonyl (C=O) groups excluding carboxylic acids is 1. The van der Waals surface area contributed by atoms with Crippen molar-refractivity contribution in [3.63, 3.8) is 0 Å². The third-order valence-corrected chi connectivity index (χ3v) is 5.87. The van der Waals surface area contributed by atoms with Crippen molar-refractivity contribution in [3.05, 3.63) is 57.8 Å². The molecule has 0 aliphatic rings. The lowest BCUT2D eigenvalue weighted by Gasteiger charge is -2.29. The van der Waals surface area contributed by atoms with Crippen LogP contribution >= 0.6 is 11.3 Å². The quantitative estimate of drug-likeness (QED) is 0.707. The second kappa shape index (κ2) is 9.68. The topological polar surface area (TPSA) is 56.1 Å². The van der Waals surface area contributed by atoms with E-state index in [1.165, 1.54) is 15.3 Å². The molecule has 5 heteroatoms. The lowest BCUT2D eigenvalue weighted by atomic mass is 9.90. The summed E-state index contributed by atoms with van der Waals surface area (Å²) in [6.45, 7) is 9.59. The van der Waals surface area contributed by atoms with Crippen molar-refractivity contribution >= 4 is 17.2 Å². The number of hydrogen-bond donors (Lipinski definition) is 1. The number of nitriles is 1. The summed E-state index contributed by atoms with van der Waals surface area (Å²) < 4.78 is 0. The van der Waals surface area contributed by atoms with E-state index in [9.17, 15) is 10.1 Å². The van der Waals surface area contributed by atoms with E-state index >= 15 is 0 Å². The first kappa shape index (κ1) is 21.1. The third kappa shape index (κ3) is 6.50. The van der Waals surface area contributed by atoms with Gasteiger partial charge in [0, 0.05) is 22.8 Å². The number of thiophene rings is 1. The molecule has 1 heterocycles. The average Bonchev–Trinajstić information content (AvgIpc) is 3.05. The largest absolute Gasteiger partial charge is 0.337 e. The minimum Gasteiger partial charge on any atom is -0.337 e. The Morgan fingerprint density at radius 1 is 1.26 bits per heavy atom. The SMILES string of the molecule is Cc1ccc(CN(CCc2ccccc2)CC(=O)NC(C)(C#N)C(C)C)s1. The van der Waals surface area contributed by atoms with Gasteiger partial charge >= 0.3 is 0 Å². The number of amides is 1. The number of benzene rings is 1. The Bertz CT molecular complexity index is 778. The van der Waals surface area contributed by atoms with Gasteiger partial charge in [-0.1, -0.05) is 44.2 Å². The molecule has 144 valence electrons. The van der Waals surface area contributed by atoms with Crippen LogP contribution in [-0.2, 0) is 17.8 Å². The number of aryl methyl sites for hydroxylation is 1. The zero-order chi connectivity index (χ0) is 19.9. The molecule has 1 aromatic heterocycles. The van der Waals surface area contributed by atoms with Gasteiger partial charge in [0.05, 0.1) is 12.6 Å². The smallest absolute Gasteiger partial charge is 0.235 e. The van der Waals surface area contributed by atoms with Crippen LogP contribution in [0.1, 0.15) is 36.1 Å². The molecule has 0 saturated heterocycles. The summed E-state index contributed by atoms with van der Waals surface area (Å²) in [5.41, 5.74) is 0.413. The molecule has 0 aliphatic carbocycles. The molecule has 0 spiro atoms. The Balaban J connectivity index is 2.04. The van der Waals surface area contributed by atoms with Crippen LogP contribution in [0.2, 0.25) is 0 Å². The monoisotopic (exact) mass is 383 g/mol. The Morgan fingerprint density at radius 2 is 1.96 bits per heavy atom. The summed E-state index contributed by atoms with van der Waals surface area (Å²) in [5.74, 6) is -0.0572. The molecule has 0 bridgehead atoms. The summed E-state index contributed by atoms with van der Waals surface area (Å²) in [6, 6.07) is 16.8. The minimum absolute atomic E-state index is 0.0455. The van der Waals surface area contributed by atoms with E-state index in [4.69, 9.17) is 0 Å². The first-order valence-electron chi connectivity index (χ1n) is 9.36. The number of carbonyl (C=O) groups is 1. The summed E-state index contributed by atoms with van der Waals surface area (Å²) in [4.78, 5) is 17.3. The molecule has 1 atom stereocenters. The van der Waals surface area contributed by atoms with Crippen LogP contribution in [0.4, 0.5) is 0 Å². The zero-order valence-electron chi connectivity index (χ0n) is 16.7. The highest BCUT2D eigenvalue weighted by atomic mass is 32.1. The fourth-order valence-corrected chi connectivity index (χ4v) is 3.70. The van der Waals surface area contributed by atoms with Crippen LogP contribution in [-0.4, -0.2) is 29.4 Å². The molecule has 27 heavy (non-hydrogen) atoms. The van der Waals surface area contributed by atoms with Gasteiger partial charge in [0.1, 0.15) is 5.54 Å². The highest BCUT2D eigenvalue weighted by Gasteiger charge is 2.30. The summed E-state index contributed by atoms with van der Waals surface area (Å²) >= 11 is 1.76. The maximum Gasteiger partial charge on any atom is 0.235 e. The Labute approximate surface area is 166 Å². The molecule has 0 radical (unpaired) electrons. The standard InChI is InChI=1S/C22H29N3OS/c1-17(2)22(4,16-23)24-21(26)15-25(14-20-11-10-18(3)27-20)13-12-19-8-6-5-7-9-19/h5-11,17H,12-15H2,1-4H3,(H,24,26). The van der Waals surface area contributed by atoms with Gasteiger partial charge < -0.3 is 5.32 Å². The van der Waals surface area contributed by atoms with Gasteiger partial charge in [-0.3, -0.25) is 9.69 Å². The van der Waals surface area contributed by atoms with Gasteiger partial charge in [-0.05, 0) is 43.9 Å². The number of nitrogens with zero attached hydrogens (tertiary/aromatic N) is 2. The van der Waals surface area contributed by atoms with Crippen LogP contribution in [0.25, 0.3) is 0 Å². The first-order valence-corrected chi connectivity index (χ1v) is 10.2. The summed E-state index contributed by atoms with van der Waals surface area (Å²) in [5, 5.41) is 12.4. The van der Waals surface area contributed by atoms with E-state index in [2.05, 4.69) is 47.5 Å². The second-order valence-corrected chi connectivity index (χ2v) is 8.85. The van der Waals surface area contributed by atoms with Crippen LogP contribution in [0.3, 0.4) is 0 Å². The highest BCUT2D eigenvalue weighted by Crippen LogP contribution is 2.18. The fraction of sp³-hybridized carbons (Fsp3) is 0.455. The molecule has 1 amide bonds. The Kier molecular flexibility index (Phi) is 7.58. The number of hydrogen-bond acceptors (Lipinski definition) is 4. The Hall–Kier alpha value is -2.16. The van der Waals surface area contributed by atoms with E-state index in [0.29, 0.717) is 0 Å². The van der Waals surface area contributed by atoms with Crippen LogP contribution in [0.5, 0.6) is 0 Å². The van der Waals surface area contributed by atoms with Crippen molar-refractivity contribution in [1.29, 1.82) is 5.26 Å². The van der Waals surface area contributed by atoms with E-state index in [0.717, 1.165) is 19.5 Å². The van der Waals surface area contributed by atoms with Crippen molar-refractivity contribution in [1.82, 2.24) is 10.2 Å². The predicted octanol–water partition coefficient (Wildman–Crippen LogP) is 4.16. The third-order valence-electron chi connectivity index (χ3n) is 4.89. The van der Waals surface area contributed by atoms with Crippen molar-refractivity contribution in [2.75, 3.05) is 13.1 Å². The second-order valence-electron chi connectivity index (χ2n) is 7.48. The molecule has 1 N–H and O–H groups in total. The van der Waals surface area contributed by atoms with Gasteiger partial charge in [0.2, 0.25) is 5.91 Å². The minimum atomic E-state index is -0.846. The highest BCUT2D eigenvalue weighted by molar-refractivity contribution is 7.11. The van der Waals surface area contributed by atoms with Gasteiger partial charge in [-0.15, -0.1) is 11.3 Å². The predicted molar refractivity (Wildman–Crippen MR) is 111 cm³/mol. The van der Waals surface area contributed by atoms with Crippen molar-refractivity contribution < 1.29 is 4.79 Å². The molecule has 0 aliphatic heterocycles. The molecule has 4 nitrogen and oxygen atoms in total. The number of nitrogens with one attached hydrogen (secondary N) is 1. The summed E-state index contributed by atoms with van der Waals surface area (Å²) in [6.07, 6.45) is 0.887. The molecular formula is C22H29N3OS. The molecule has 0 saturated carbocycles. The molecule has 2 rings (SSSR count). The lowest BCUT2D eigenvalue weighted by Crippen LogP contribution is -2.51. The fourth-order valence-electron chi connectivity index (χ4n) is 2.77. The molecule has 0 fully saturated rings. The van der Waals surface area contributed by atoms with E-state index < -0.39 is 5.54 Å². The molecule has 1 unspecified atom stereocenters. The Morgan fingerprint density at radius 3 is 2.52 bits per heavy atom. The van der Waals surface area contributed by atoms with E-state index in [1.54, 1.807) is 18.3 Å². The van der Waals surface area contributed by atoms with Gasteiger partial charge in [0.25, 0.3) is 0 Å². The van der Waals surface area contributed by atoms with Crippen LogP contribution < -0.4 is 5.32 Å². The van der Waals surface area contributed by atoms with E-state index in [1.807, 2.05) is 32.0 Å². The summed E-state index contributed by atoms with van der Waals surface area (Å²) in [7, 11) is 0. The molecular weight excluding hydrogens is 354 g/mol. The van der Waals surface area contributed by atoms with Gasteiger partial charge in [0.15, 0.2) is 0 Å². The van der Waals surface area contributed by atoms with Crippen molar-refractivity contribution in [2.24, 2.45) is 5.92 Å². The maximum atomic E-state index is 12.6. The van der Waals surface area contributed by atoms with Crippen molar-refractivity contribution in [2.45, 2.75) is 46.2 Å².